The highest BCUT2D eigenvalue weighted by Gasteiger charge is 2.31. The first-order chi connectivity index (χ1) is 20.2. The topological polar surface area (TPSA) is 120 Å². The number of carbonyl (C=O) groups is 1. The van der Waals surface area contributed by atoms with Crippen LogP contribution in [0.3, 0.4) is 0 Å². The SMILES string of the molecule is CN1CCC(Nc2cccc3c2cc(C#CCN)n3CC(F)(F)F)C(CCOCCOCCn2cncc2C(=O)O)C1. The molecule has 3 heterocycles. The van der Waals surface area contributed by atoms with Crippen molar-refractivity contribution in [3.8, 4) is 11.8 Å². The highest BCUT2D eigenvalue weighted by Crippen LogP contribution is 2.32. The summed E-state index contributed by atoms with van der Waals surface area (Å²) in [7, 11) is 2.08. The van der Waals surface area contributed by atoms with Crippen LogP contribution in [0.5, 0.6) is 0 Å². The van der Waals surface area contributed by atoms with E-state index in [2.05, 4.69) is 34.1 Å². The Morgan fingerprint density at radius 3 is 2.76 bits per heavy atom. The molecule has 10 nitrogen and oxygen atoms in total. The summed E-state index contributed by atoms with van der Waals surface area (Å²) < 4.78 is 54.3. The standard InChI is InChI=1S/C29H37F3N6O4/c1-36-10-7-24(21(18-36)8-12-41-14-15-42-13-11-37-20-34-17-27(37)28(39)40)35-25-5-2-6-26-23(25)16-22(4-3-9-33)38(26)19-29(30,31)32/h2,5-6,16-17,20-21,24,35H,7-15,18-19,33H2,1H3,(H,39,40). The molecule has 3 aromatic rings. The number of halogens is 3. The molecule has 2 unspecified atom stereocenters. The summed E-state index contributed by atoms with van der Waals surface area (Å²) in [5.74, 6) is 4.71. The molecule has 4 N–H and O–H groups in total. The Kier molecular flexibility index (Phi) is 10.9. The lowest BCUT2D eigenvalue weighted by atomic mass is 9.89. The van der Waals surface area contributed by atoms with E-state index in [0.717, 1.165) is 31.6 Å². The zero-order valence-electron chi connectivity index (χ0n) is 23.6. The number of ether oxygens (including phenoxy) is 2. The lowest BCUT2D eigenvalue weighted by molar-refractivity contribution is -0.140. The minimum absolute atomic E-state index is 0.0588. The molecule has 1 fully saturated rings. The molecular weight excluding hydrogens is 553 g/mol. The first-order valence-electron chi connectivity index (χ1n) is 13.9. The van der Waals surface area contributed by atoms with Gasteiger partial charge < -0.3 is 39.7 Å². The number of rotatable bonds is 13. The Labute approximate surface area is 242 Å². The van der Waals surface area contributed by atoms with E-state index in [4.69, 9.17) is 20.3 Å². The molecule has 42 heavy (non-hydrogen) atoms. The summed E-state index contributed by atoms with van der Waals surface area (Å²) in [6.45, 7) is 2.77. The minimum Gasteiger partial charge on any atom is -0.477 e. The van der Waals surface area contributed by atoms with Crippen molar-refractivity contribution in [2.24, 2.45) is 11.7 Å². The molecule has 0 spiro atoms. The number of nitrogens with zero attached hydrogens (tertiary/aromatic N) is 4. The van der Waals surface area contributed by atoms with Gasteiger partial charge in [0.25, 0.3) is 0 Å². The van der Waals surface area contributed by atoms with Crippen LogP contribution < -0.4 is 11.1 Å². The molecule has 2 atom stereocenters. The van der Waals surface area contributed by atoms with E-state index in [0.29, 0.717) is 43.9 Å². The maximum atomic E-state index is 13.4. The van der Waals surface area contributed by atoms with Crippen LogP contribution in [0.4, 0.5) is 18.9 Å². The van der Waals surface area contributed by atoms with Gasteiger partial charge in [-0.25, -0.2) is 9.78 Å². The second-order valence-electron chi connectivity index (χ2n) is 10.3. The first-order valence-corrected chi connectivity index (χ1v) is 13.9. The lowest BCUT2D eigenvalue weighted by Gasteiger charge is -2.38. The number of carboxylic acids is 1. The molecule has 228 valence electrons. The summed E-state index contributed by atoms with van der Waals surface area (Å²) in [5, 5.41) is 13.4. The zero-order valence-corrected chi connectivity index (χ0v) is 23.6. The number of likely N-dealkylation sites (tertiary alicyclic amines) is 1. The van der Waals surface area contributed by atoms with Gasteiger partial charge in [-0.05, 0) is 56.5 Å². The predicted octanol–water partition coefficient (Wildman–Crippen LogP) is 3.26. The lowest BCUT2D eigenvalue weighted by Crippen LogP contribution is -2.45. The predicted molar refractivity (Wildman–Crippen MR) is 152 cm³/mol. The smallest absolute Gasteiger partial charge is 0.406 e. The van der Waals surface area contributed by atoms with Crippen LogP contribution >= 0.6 is 0 Å². The van der Waals surface area contributed by atoms with Gasteiger partial charge in [0.1, 0.15) is 12.2 Å². The number of carboxylic acid groups (broad SMARTS) is 1. The molecule has 0 saturated carbocycles. The van der Waals surface area contributed by atoms with Gasteiger partial charge in [-0.2, -0.15) is 13.2 Å². The molecule has 1 aliphatic rings. The quantitative estimate of drug-likeness (QED) is 0.205. The van der Waals surface area contributed by atoms with Gasteiger partial charge in [0.05, 0.1) is 50.1 Å². The molecule has 4 rings (SSSR count). The number of fused-ring (bicyclic) bond motifs is 1. The van der Waals surface area contributed by atoms with E-state index in [1.807, 2.05) is 6.07 Å². The Hall–Kier alpha value is -3.57. The Bertz CT molecular complexity index is 1390. The molecule has 1 aliphatic heterocycles. The largest absolute Gasteiger partial charge is 0.477 e. The molecule has 2 aromatic heterocycles. The highest BCUT2D eigenvalue weighted by molar-refractivity contribution is 5.94. The maximum absolute atomic E-state index is 13.4. The van der Waals surface area contributed by atoms with Gasteiger partial charge in [-0.1, -0.05) is 12.0 Å². The average molecular weight is 591 g/mol. The molecule has 1 aromatic carbocycles. The second-order valence-corrected chi connectivity index (χ2v) is 10.3. The molecule has 1 saturated heterocycles. The summed E-state index contributed by atoms with van der Waals surface area (Å²) in [6.07, 6.45) is 0.0641. The second kappa shape index (κ2) is 14.6. The monoisotopic (exact) mass is 590 g/mol. The molecule has 0 aliphatic carbocycles. The van der Waals surface area contributed by atoms with Crippen LogP contribution in [0, 0.1) is 17.8 Å². The highest BCUT2D eigenvalue weighted by atomic mass is 19.4. The van der Waals surface area contributed by atoms with E-state index >= 15 is 0 Å². The third-order valence-corrected chi connectivity index (χ3v) is 7.29. The first kappa shape index (κ1) is 31.4. The summed E-state index contributed by atoms with van der Waals surface area (Å²) in [4.78, 5) is 17.3. The Morgan fingerprint density at radius 2 is 2.02 bits per heavy atom. The van der Waals surface area contributed by atoms with Gasteiger partial charge in [0, 0.05) is 36.8 Å². The van der Waals surface area contributed by atoms with Crippen LogP contribution in [0.15, 0.2) is 36.8 Å². The van der Waals surface area contributed by atoms with Gasteiger partial charge >= 0.3 is 12.1 Å². The number of aromatic carboxylic acids is 1. The Balaban J connectivity index is 1.32. The van der Waals surface area contributed by atoms with E-state index in [-0.39, 0.29) is 29.9 Å². The number of imidazole rings is 1. The summed E-state index contributed by atoms with van der Waals surface area (Å²) in [5.41, 5.74) is 7.13. The van der Waals surface area contributed by atoms with Crippen molar-refractivity contribution in [1.82, 2.24) is 19.0 Å². The van der Waals surface area contributed by atoms with Gasteiger partial charge in [-0.3, -0.25) is 0 Å². The van der Waals surface area contributed by atoms with E-state index in [9.17, 15) is 18.0 Å². The molecular formula is C29H37F3N6O4. The van der Waals surface area contributed by atoms with Crippen molar-refractivity contribution < 1.29 is 32.5 Å². The fourth-order valence-corrected chi connectivity index (χ4v) is 5.30. The number of piperidine rings is 1. The van der Waals surface area contributed by atoms with Crippen molar-refractivity contribution in [2.75, 3.05) is 58.4 Å². The van der Waals surface area contributed by atoms with Crippen molar-refractivity contribution >= 4 is 22.6 Å². The average Bonchev–Trinajstić information content (AvgIpc) is 3.55. The number of hydrogen-bond donors (Lipinski definition) is 3. The van der Waals surface area contributed by atoms with Crippen molar-refractivity contribution in [2.45, 2.75) is 38.1 Å². The van der Waals surface area contributed by atoms with Gasteiger partial charge in [0.15, 0.2) is 0 Å². The van der Waals surface area contributed by atoms with E-state index < -0.39 is 18.7 Å². The van der Waals surface area contributed by atoms with Gasteiger partial charge in [0.2, 0.25) is 0 Å². The summed E-state index contributed by atoms with van der Waals surface area (Å²) in [6, 6.07) is 7.17. The number of benzene rings is 1. The number of hydrogen-bond acceptors (Lipinski definition) is 7. The van der Waals surface area contributed by atoms with Crippen LogP contribution in [0.2, 0.25) is 0 Å². The fraction of sp³-hybridized carbons (Fsp3) is 0.517. The van der Waals surface area contributed by atoms with Crippen molar-refractivity contribution in [3.05, 3.63) is 48.2 Å². The third kappa shape index (κ3) is 8.48. The number of nitrogens with one attached hydrogen (secondary N) is 1. The van der Waals surface area contributed by atoms with Crippen molar-refractivity contribution in [1.29, 1.82) is 0 Å². The number of alkyl halides is 3. The molecule has 0 radical (unpaired) electrons. The number of aromatic nitrogens is 3. The molecule has 13 heteroatoms. The minimum atomic E-state index is -4.39. The summed E-state index contributed by atoms with van der Waals surface area (Å²) >= 11 is 0. The molecule has 0 amide bonds. The zero-order chi connectivity index (χ0) is 30.1. The number of anilines is 1. The van der Waals surface area contributed by atoms with Crippen molar-refractivity contribution in [3.63, 3.8) is 0 Å². The van der Waals surface area contributed by atoms with Crippen LogP contribution in [-0.4, -0.2) is 95.4 Å². The van der Waals surface area contributed by atoms with Crippen LogP contribution in [0.1, 0.15) is 29.0 Å². The number of nitrogens with two attached hydrogens (primary N) is 1. The van der Waals surface area contributed by atoms with Crippen LogP contribution in [-0.2, 0) is 22.6 Å². The normalized spacial score (nSPS) is 17.7. The van der Waals surface area contributed by atoms with E-state index in [1.54, 1.807) is 18.2 Å². The third-order valence-electron chi connectivity index (χ3n) is 7.29. The maximum Gasteiger partial charge on any atom is 0.406 e. The Morgan fingerprint density at radius 1 is 1.24 bits per heavy atom. The van der Waals surface area contributed by atoms with E-state index in [1.165, 1.54) is 21.7 Å². The molecule has 0 bridgehead atoms. The van der Waals surface area contributed by atoms with Gasteiger partial charge in [-0.15, -0.1) is 0 Å². The fourth-order valence-electron chi connectivity index (χ4n) is 5.30. The van der Waals surface area contributed by atoms with Crippen LogP contribution in [0.25, 0.3) is 10.9 Å².